The molecule has 3 aromatic rings. The summed E-state index contributed by atoms with van der Waals surface area (Å²) in [4.78, 5) is 24.8. The molecule has 1 aliphatic carbocycles. The van der Waals surface area contributed by atoms with Crippen molar-refractivity contribution < 1.29 is 14.7 Å². The zero-order valence-electron chi connectivity index (χ0n) is 16.4. The van der Waals surface area contributed by atoms with Crippen LogP contribution in [-0.4, -0.2) is 33.4 Å². The summed E-state index contributed by atoms with van der Waals surface area (Å²) in [6.07, 6.45) is 2.03. The molecule has 1 heterocycles. The highest BCUT2D eigenvalue weighted by Crippen LogP contribution is 2.42. The predicted molar refractivity (Wildman–Crippen MR) is 115 cm³/mol. The molecule has 154 valence electrons. The molecule has 0 spiro atoms. The van der Waals surface area contributed by atoms with Gasteiger partial charge in [0.1, 0.15) is 5.75 Å². The second-order valence-corrected chi connectivity index (χ2v) is 7.55. The predicted octanol–water partition coefficient (Wildman–Crippen LogP) is 4.62. The first-order valence-corrected chi connectivity index (χ1v) is 10.1. The largest absolute Gasteiger partial charge is 0.507 e. The van der Waals surface area contributed by atoms with Gasteiger partial charge in [-0.15, -0.1) is 0 Å². The van der Waals surface area contributed by atoms with Crippen LogP contribution in [0, 0.1) is 0 Å². The molecule has 0 saturated heterocycles. The molecular formula is C22H21ClN4O3. The number of rotatable bonds is 5. The van der Waals surface area contributed by atoms with Crippen LogP contribution in [0.15, 0.2) is 48.5 Å². The summed E-state index contributed by atoms with van der Waals surface area (Å²) in [5.41, 5.74) is 2.59. The summed E-state index contributed by atoms with van der Waals surface area (Å²) in [6.45, 7) is 2.35. The van der Waals surface area contributed by atoms with Crippen molar-refractivity contribution in [1.82, 2.24) is 15.1 Å². The van der Waals surface area contributed by atoms with Gasteiger partial charge in [-0.1, -0.05) is 23.7 Å². The first-order chi connectivity index (χ1) is 14.5. The highest BCUT2D eigenvalue weighted by Gasteiger charge is 2.30. The van der Waals surface area contributed by atoms with Crippen molar-refractivity contribution in [3.05, 3.63) is 64.8 Å². The molecule has 0 atom stereocenters. The number of aromatic nitrogens is 2. The Bertz CT molecular complexity index is 1120. The molecule has 30 heavy (non-hydrogen) atoms. The van der Waals surface area contributed by atoms with E-state index in [0.717, 1.165) is 18.5 Å². The summed E-state index contributed by atoms with van der Waals surface area (Å²) >= 11 is 6.06. The van der Waals surface area contributed by atoms with Crippen LogP contribution in [0.5, 0.6) is 5.75 Å². The number of carbonyl (C=O) groups excluding carboxylic acids is 2. The van der Waals surface area contributed by atoms with Crippen LogP contribution in [0.25, 0.3) is 11.3 Å². The Morgan fingerprint density at radius 1 is 1.20 bits per heavy atom. The van der Waals surface area contributed by atoms with Crippen LogP contribution < -0.4 is 10.6 Å². The third kappa shape index (κ3) is 4.02. The molecule has 3 N–H and O–H groups in total. The zero-order chi connectivity index (χ0) is 21.3. The average molecular weight is 425 g/mol. The Hall–Kier alpha value is -3.32. The maximum absolute atomic E-state index is 12.4. The number of nitrogens with one attached hydrogen (secondary N) is 2. The van der Waals surface area contributed by atoms with Crippen LogP contribution in [0.4, 0.5) is 10.5 Å². The van der Waals surface area contributed by atoms with Crippen LogP contribution in [-0.2, 0) is 0 Å². The first-order valence-electron chi connectivity index (χ1n) is 9.75. The van der Waals surface area contributed by atoms with Gasteiger partial charge in [0.2, 0.25) is 0 Å². The van der Waals surface area contributed by atoms with E-state index in [4.69, 9.17) is 11.6 Å². The van der Waals surface area contributed by atoms with Gasteiger partial charge in [-0.25, -0.2) is 4.79 Å². The lowest BCUT2D eigenvalue weighted by Crippen LogP contribution is -2.30. The third-order valence-electron chi connectivity index (χ3n) is 4.90. The fraction of sp³-hybridized carbons (Fsp3) is 0.227. The smallest absolute Gasteiger partial charge is 0.342 e. The minimum Gasteiger partial charge on any atom is -0.507 e. The van der Waals surface area contributed by atoms with Crippen molar-refractivity contribution in [3.8, 4) is 17.0 Å². The Balaban J connectivity index is 1.59. The highest BCUT2D eigenvalue weighted by molar-refractivity contribution is 6.34. The van der Waals surface area contributed by atoms with Gasteiger partial charge in [-0.2, -0.15) is 9.78 Å². The molecule has 2 amide bonds. The summed E-state index contributed by atoms with van der Waals surface area (Å²) < 4.78 is 1.38. The van der Waals surface area contributed by atoms with Gasteiger partial charge < -0.3 is 15.7 Å². The summed E-state index contributed by atoms with van der Waals surface area (Å²) in [7, 11) is 0. The minimum absolute atomic E-state index is 0.0464. The Kier molecular flexibility index (Phi) is 5.46. The normalized spacial score (nSPS) is 13.1. The second-order valence-electron chi connectivity index (χ2n) is 7.14. The van der Waals surface area contributed by atoms with E-state index in [-0.39, 0.29) is 17.7 Å². The van der Waals surface area contributed by atoms with Gasteiger partial charge in [0.05, 0.1) is 22.0 Å². The maximum atomic E-state index is 12.4. The lowest BCUT2D eigenvalue weighted by atomic mass is 10.1. The number of benzene rings is 2. The average Bonchev–Trinajstić information content (AvgIpc) is 3.47. The molecule has 0 aliphatic heterocycles. The van der Waals surface area contributed by atoms with Crippen molar-refractivity contribution in [1.29, 1.82) is 0 Å². The topological polar surface area (TPSA) is 96.3 Å². The first kappa shape index (κ1) is 20.0. The lowest BCUT2D eigenvalue weighted by molar-refractivity contribution is 0.102. The van der Waals surface area contributed by atoms with Crippen molar-refractivity contribution in [2.24, 2.45) is 0 Å². The van der Waals surface area contributed by atoms with E-state index in [0.29, 0.717) is 40.0 Å². The molecule has 8 heteroatoms. The van der Waals surface area contributed by atoms with Gasteiger partial charge in [0, 0.05) is 29.8 Å². The number of phenols is 1. The quantitative estimate of drug-likeness (QED) is 0.557. The molecule has 0 unspecified atom stereocenters. The molecule has 0 radical (unpaired) electrons. The van der Waals surface area contributed by atoms with Gasteiger partial charge in [0.15, 0.2) is 0 Å². The van der Waals surface area contributed by atoms with E-state index in [9.17, 15) is 14.7 Å². The summed E-state index contributed by atoms with van der Waals surface area (Å²) in [5, 5.41) is 20.8. The minimum atomic E-state index is -0.371. The van der Waals surface area contributed by atoms with Gasteiger partial charge in [-0.3, -0.25) is 4.79 Å². The van der Waals surface area contributed by atoms with E-state index < -0.39 is 0 Å². The molecule has 1 aromatic heterocycles. The van der Waals surface area contributed by atoms with Crippen molar-refractivity contribution >= 4 is 29.2 Å². The van der Waals surface area contributed by atoms with Crippen molar-refractivity contribution in [2.45, 2.75) is 25.7 Å². The number of phenolic OH excluding ortho intramolecular Hbond substituents is 1. The van der Waals surface area contributed by atoms with E-state index in [2.05, 4.69) is 15.7 Å². The molecule has 7 nitrogen and oxygen atoms in total. The lowest BCUT2D eigenvalue weighted by Gasteiger charge is -2.09. The number of hydrogen-bond acceptors (Lipinski definition) is 4. The van der Waals surface area contributed by atoms with Gasteiger partial charge in [-0.05, 0) is 50.1 Å². The summed E-state index contributed by atoms with van der Waals surface area (Å²) in [5.74, 6) is -0.107. The maximum Gasteiger partial charge on any atom is 0.342 e. The molecule has 2 aromatic carbocycles. The van der Waals surface area contributed by atoms with E-state index in [1.54, 1.807) is 36.4 Å². The number of halogens is 1. The monoisotopic (exact) mass is 424 g/mol. The van der Waals surface area contributed by atoms with Crippen molar-refractivity contribution in [2.75, 3.05) is 11.9 Å². The highest BCUT2D eigenvalue weighted by atomic mass is 35.5. The van der Waals surface area contributed by atoms with Gasteiger partial charge in [0.25, 0.3) is 5.91 Å². The molecule has 4 rings (SSSR count). The third-order valence-corrected chi connectivity index (χ3v) is 5.23. The second kappa shape index (κ2) is 8.20. The van der Waals surface area contributed by atoms with Crippen LogP contribution in [0.2, 0.25) is 5.02 Å². The number of nitrogens with zero attached hydrogens (tertiary/aromatic N) is 2. The molecule has 1 fully saturated rings. The number of anilines is 1. The fourth-order valence-corrected chi connectivity index (χ4v) is 3.48. The SMILES string of the molecule is CCNC(=O)n1nc(-c2ccc(NC(=O)c3ccccc3Cl)cc2O)cc1C1CC1. The van der Waals surface area contributed by atoms with E-state index in [1.807, 2.05) is 13.0 Å². The van der Waals surface area contributed by atoms with E-state index in [1.165, 1.54) is 10.7 Å². The number of amides is 2. The molecule has 1 aliphatic rings. The number of aromatic hydroxyl groups is 1. The van der Waals surface area contributed by atoms with E-state index >= 15 is 0 Å². The Morgan fingerprint density at radius 3 is 2.63 bits per heavy atom. The number of hydrogen-bond donors (Lipinski definition) is 3. The fourth-order valence-electron chi connectivity index (χ4n) is 3.26. The number of carbonyl (C=O) groups is 2. The standard InChI is InChI=1S/C22H21ClN4O3/c1-2-24-22(30)27-19(13-7-8-13)12-18(26-27)16-10-9-14(11-20(16)28)25-21(29)15-5-3-4-6-17(15)23/h3-6,9-13,28H,2,7-8H2,1H3,(H,24,30)(H,25,29). The van der Waals surface area contributed by atoms with Crippen LogP contribution >= 0.6 is 11.6 Å². The van der Waals surface area contributed by atoms with Crippen molar-refractivity contribution in [3.63, 3.8) is 0 Å². The Morgan fingerprint density at radius 2 is 1.97 bits per heavy atom. The molecule has 0 bridgehead atoms. The van der Waals surface area contributed by atoms with Crippen LogP contribution in [0.1, 0.15) is 41.7 Å². The zero-order valence-corrected chi connectivity index (χ0v) is 17.1. The Labute approximate surface area is 178 Å². The summed E-state index contributed by atoms with van der Waals surface area (Å²) in [6, 6.07) is 13.1. The molecular weight excluding hydrogens is 404 g/mol. The van der Waals surface area contributed by atoms with Crippen LogP contribution in [0.3, 0.4) is 0 Å². The van der Waals surface area contributed by atoms with Gasteiger partial charge >= 0.3 is 6.03 Å². The molecule has 1 saturated carbocycles.